The molecule has 0 radical (unpaired) electrons. The van der Waals surface area contributed by atoms with Crippen LogP contribution in [0.15, 0.2) is 18.2 Å². The zero-order chi connectivity index (χ0) is 16.9. The second-order valence-electron chi connectivity index (χ2n) is 6.29. The van der Waals surface area contributed by atoms with Gasteiger partial charge < -0.3 is 25.4 Å². The summed E-state index contributed by atoms with van der Waals surface area (Å²) in [6, 6.07) is 5.03. The second kappa shape index (κ2) is 7.92. The molecule has 0 spiro atoms. The van der Waals surface area contributed by atoms with Gasteiger partial charge in [-0.05, 0) is 30.5 Å². The number of carbonyl (C=O) groups is 1. The third-order valence-corrected chi connectivity index (χ3v) is 4.50. The number of amides is 1. The number of hydrogen-bond acceptors (Lipinski definition) is 5. The van der Waals surface area contributed by atoms with Gasteiger partial charge in [-0.3, -0.25) is 4.79 Å². The Morgan fingerprint density at radius 3 is 2.88 bits per heavy atom. The van der Waals surface area contributed by atoms with Crippen LogP contribution >= 0.6 is 0 Å². The maximum Gasteiger partial charge on any atom is 0.250 e. The molecule has 1 aromatic rings. The van der Waals surface area contributed by atoms with E-state index in [2.05, 4.69) is 10.6 Å². The lowest BCUT2D eigenvalue weighted by Crippen LogP contribution is -2.47. The van der Waals surface area contributed by atoms with Crippen molar-refractivity contribution in [3.05, 3.63) is 29.6 Å². The molecule has 2 heterocycles. The highest BCUT2D eigenvalue weighted by Crippen LogP contribution is 2.24. The van der Waals surface area contributed by atoms with Gasteiger partial charge in [0.15, 0.2) is 0 Å². The number of benzene rings is 1. The van der Waals surface area contributed by atoms with Crippen LogP contribution in [0.25, 0.3) is 0 Å². The lowest BCUT2D eigenvalue weighted by atomic mass is 10.1. The van der Waals surface area contributed by atoms with Crippen LogP contribution in [0.2, 0.25) is 0 Å². The van der Waals surface area contributed by atoms with Crippen LogP contribution in [-0.2, 0) is 16.1 Å². The van der Waals surface area contributed by atoms with Crippen LogP contribution in [0.3, 0.4) is 0 Å². The third kappa shape index (κ3) is 4.23. The van der Waals surface area contributed by atoms with Crippen LogP contribution in [-0.4, -0.2) is 56.0 Å². The van der Waals surface area contributed by atoms with Crippen LogP contribution in [0.5, 0.6) is 0 Å². The number of piperidine rings is 1. The summed E-state index contributed by atoms with van der Waals surface area (Å²) in [5, 5.41) is 15.4. The van der Waals surface area contributed by atoms with Crippen LogP contribution < -0.4 is 15.5 Å². The molecule has 2 saturated heterocycles. The Hall–Kier alpha value is -1.70. The van der Waals surface area contributed by atoms with E-state index in [4.69, 9.17) is 4.74 Å². The molecule has 3 rings (SSSR count). The van der Waals surface area contributed by atoms with E-state index in [1.165, 1.54) is 6.07 Å². The molecule has 0 aromatic heterocycles. The van der Waals surface area contributed by atoms with Crippen molar-refractivity contribution in [1.82, 2.24) is 10.6 Å². The molecule has 1 atom stereocenters. The Morgan fingerprint density at radius 1 is 1.42 bits per heavy atom. The summed E-state index contributed by atoms with van der Waals surface area (Å²) in [6.07, 6.45) is 0.553. The number of ether oxygens (including phenoxy) is 1. The number of morpholine rings is 1. The number of nitrogens with zero attached hydrogens (tertiary/aromatic N) is 1. The van der Waals surface area contributed by atoms with Crippen LogP contribution in [0, 0.1) is 5.82 Å². The first kappa shape index (κ1) is 17.1. The number of aliphatic hydroxyl groups is 1. The highest BCUT2D eigenvalue weighted by atomic mass is 19.1. The molecule has 2 aliphatic heterocycles. The van der Waals surface area contributed by atoms with E-state index >= 15 is 0 Å². The lowest BCUT2D eigenvalue weighted by molar-refractivity contribution is -0.134. The predicted octanol–water partition coefficient (Wildman–Crippen LogP) is 0.391. The first-order chi connectivity index (χ1) is 11.6. The molecule has 2 aliphatic rings. The van der Waals surface area contributed by atoms with Crippen molar-refractivity contribution >= 4 is 11.6 Å². The molecule has 0 aliphatic carbocycles. The average Bonchev–Trinajstić information content (AvgIpc) is 2.61. The van der Waals surface area contributed by atoms with E-state index < -0.39 is 6.10 Å². The average molecular weight is 337 g/mol. The number of nitrogens with one attached hydrogen (secondary N) is 2. The summed E-state index contributed by atoms with van der Waals surface area (Å²) >= 11 is 0. The van der Waals surface area contributed by atoms with Crippen molar-refractivity contribution in [3.63, 3.8) is 0 Å². The van der Waals surface area contributed by atoms with Crippen molar-refractivity contribution in [2.24, 2.45) is 0 Å². The van der Waals surface area contributed by atoms with Crippen LogP contribution in [0.1, 0.15) is 18.4 Å². The first-order valence-electron chi connectivity index (χ1n) is 8.45. The van der Waals surface area contributed by atoms with Gasteiger partial charge in [0.1, 0.15) is 11.9 Å². The Balaban J connectivity index is 1.55. The SMILES string of the molecule is O=C(NCc1ccc(N2CCC(O)CC2)c(F)c1)[C@H]1CNCCO1. The number of aliphatic hydroxyl groups excluding tert-OH is 1. The molecular formula is C17H24FN3O3. The van der Waals surface area contributed by atoms with Crippen molar-refractivity contribution in [2.45, 2.75) is 31.6 Å². The minimum absolute atomic E-state index is 0.184. The smallest absolute Gasteiger partial charge is 0.250 e. The highest BCUT2D eigenvalue weighted by molar-refractivity contribution is 5.81. The molecule has 2 fully saturated rings. The van der Waals surface area contributed by atoms with Gasteiger partial charge in [0.2, 0.25) is 0 Å². The highest BCUT2D eigenvalue weighted by Gasteiger charge is 2.22. The van der Waals surface area contributed by atoms with E-state index in [1.807, 2.05) is 11.0 Å². The van der Waals surface area contributed by atoms with Gasteiger partial charge in [-0.1, -0.05) is 6.07 Å². The number of rotatable bonds is 4. The van der Waals surface area contributed by atoms with Crippen molar-refractivity contribution in [3.8, 4) is 0 Å². The van der Waals surface area contributed by atoms with E-state index in [0.29, 0.717) is 50.3 Å². The Bertz CT molecular complexity index is 570. The van der Waals surface area contributed by atoms with Crippen LogP contribution in [0.4, 0.5) is 10.1 Å². The maximum absolute atomic E-state index is 14.4. The van der Waals surface area contributed by atoms with Gasteiger partial charge in [-0.15, -0.1) is 0 Å². The van der Waals surface area contributed by atoms with Gasteiger partial charge in [0, 0.05) is 32.7 Å². The van der Waals surface area contributed by atoms with E-state index in [1.54, 1.807) is 6.07 Å². The normalized spacial score (nSPS) is 22.4. The summed E-state index contributed by atoms with van der Waals surface area (Å²) in [4.78, 5) is 13.9. The van der Waals surface area contributed by atoms with E-state index in [-0.39, 0.29) is 24.4 Å². The minimum atomic E-state index is -0.484. The first-order valence-corrected chi connectivity index (χ1v) is 8.45. The van der Waals surface area contributed by atoms with Crippen molar-refractivity contribution in [2.75, 3.05) is 37.7 Å². The number of anilines is 1. The number of halogens is 1. The molecule has 0 saturated carbocycles. The van der Waals surface area contributed by atoms with Gasteiger partial charge in [-0.2, -0.15) is 0 Å². The van der Waals surface area contributed by atoms with Gasteiger partial charge in [-0.25, -0.2) is 4.39 Å². The summed E-state index contributed by atoms with van der Waals surface area (Å²) in [5.74, 6) is -0.481. The zero-order valence-electron chi connectivity index (χ0n) is 13.6. The largest absolute Gasteiger partial charge is 0.393 e. The summed E-state index contributed by atoms with van der Waals surface area (Å²) in [7, 11) is 0. The van der Waals surface area contributed by atoms with Gasteiger partial charge in [0.25, 0.3) is 5.91 Å². The molecule has 3 N–H and O–H groups in total. The Morgan fingerprint density at radius 2 is 2.21 bits per heavy atom. The zero-order valence-corrected chi connectivity index (χ0v) is 13.6. The lowest BCUT2D eigenvalue weighted by Gasteiger charge is -2.31. The molecule has 1 amide bonds. The molecule has 6 nitrogen and oxygen atoms in total. The monoisotopic (exact) mass is 337 g/mol. The molecule has 0 unspecified atom stereocenters. The van der Waals surface area contributed by atoms with Gasteiger partial charge in [0.05, 0.1) is 18.4 Å². The van der Waals surface area contributed by atoms with E-state index in [0.717, 1.165) is 6.54 Å². The molecule has 0 bridgehead atoms. The topological polar surface area (TPSA) is 73.8 Å². The van der Waals surface area contributed by atoms with Gasteiger partial charge >= 0.3 is 0 Å². The fraction of sp³-hybridized carbons (Fsp3) is 0.588. The standard InChI is InChI=1S/C17H24FN3O3/c18-14-9-12(10-20-17(23)16-11-19-5-8-24-16)1-2-15(14)21-6-3-13(22)4-7-21/h1-2,9,13,16,19,22H,3-8,10-11H2,(H,20,23)/t16-/m1/s1. The quantitative estimate of drug-likeness (QED) is 0.741. The summed E-state index contributed by atoms with van der Waals surface area (Å²) in [6.45, 7) is 3.35. The summed E-state index contributed by atoms with van der Waals surface area (Å²) in [5.41, 5.74) is 1.27. The predicted molar refractivity (Wildman–Crippen MR) is 88.3 cm³/mol. The molecule has 7 heteroatoms. The van der Waals surface area contributed by atoms with Crippen molar-refractivity contribution < 1.29 is 19.0 Å². The summed E-state index contributed by atoms with van der Waals surface area (Å²) < 4.78 is 19.7. The minimum Gasteiger partial charge on any atom is -0.393 e. The molecular weight excluding hydrogens is 313 g/mol. The fourth-order valence-electron chi connectivity index (χ4n) is 3.06. The fourth-order valence-corrected chi connectivity index (χ4v) is 3.06. The molecule has 24 heavy (non-hydrogen) atoms. The number of hydrogen-bond donors (Lipinski definition) is 3. The number of carbonyl (C=O) groups excluding carboxylic acids is 1. The maximum atomic E-state index is 14.4. The Labute approximate surface area is 141 Å². The second-order valence-corrected chi connectivity index (χ2v) is 6.29. The molecule has 1 aromatic carbocycles. The Kier molecular flexibility index (Phi) is 5.65. The van der Waals surface area contributed by atoms with E-state index in [9.17, 15) is 14.3 Å². The third-order valence-electron chi connectivity index (χ3n) is 4.50. The molecule has 132 valence electrons. The van der Waals surface area contributed by atoms with Crippen molar-refractivity contribution in [1.29, 1.82) is 0 Å².